The van der Waals surface area contributed by atoms with Crippen LogP contribution in [0.25, 0.3) is 0 Å². The first kappa shape index (κ1) is 86.2. The molecule has 0 spiro atoms. The van der Waals surface area contributed by atoms with Crippen molar-refractivity contribution in [2.24, 2.45) is 35.5 Å². The molecule has 2 aliphatic heterocycles. The Balaban J connectivity index is 3.12. The third-order valence-corrected chi connectivity index (χ3v) is 19.3. The predicted molar refractivity (Wildman–Crippen MR) is 373 cm³/mol. The average Bonchev–Trinajstić information content (AvgIpc) is 0.812. The lowest BCUT2D eigenvalue weighted by Gasteiger charge is -2.41. The molecule has 0 aromatic heterocycles. The zero-order valence-electron chi connectivity index (χ0n) is 62.5. The van der Waals surface area contributed by atoms with Gasteiger partial charge in [-0.2, -0.15) is 11.8 Å². The lowest BCUT2D eigenvalue weighted by atomic mass is 9.91. The molecule has 2 rings (SSSR count). The Morgan fingerprint density at radius 3 is 1.47 bits per heavy atom. The number of carbonyl (C=O) groups excluding carboxylic acids is 11. The fourth-order valence-electron chi connectivity index (χ4n) is 12.2. The number of morpholine rings is 1. The molecule has 2 heterocycles. The Morgan fingerprint density at radius 1 is 0.531 bits per heavy atom. The van der Waals surface area contributed by atoms with Crippen molar-refractivity contribution in [1.82, 2.24) is 60.5 Å². The molecular formula is C69H124N12O14S. The number of aliphatic hydroxyl groups excluding tert-OH is 1. The van der Waals surface area contributed by atoms with Crippen LogP contribution in [-0.2, 0) is 57.5 Å². The topological polar surface area (TPSA) is 312 Å². The summed E-state index contributed by atoms with van der Waals surface area (Å²) in [7, 11) is 9.88. The molecule has 27 heteroatoms. The maximum Gasteiger partial charge on any atom is 0.246 e. The molecule has 550 valence electrons. The number of thioether (sulfide) groups is 1. The maximum atomic E-state index is 15.4. The molecule has 0 radical (unpaired) electrons. The molecule has 0 aliphatic carbocycles. The van der Waals surface area contributed by atoms with E-state index in [9.17, 15) is 29.4 Å². The van der Waals surface area contributed by atoms with Gasteiger partial charge in [-0.15, -0.1) is 0 Å². The zero-order chi connectivity index (χ0) is 73.7. The lowest BCUT2D eigenvalue weighted by molar-refractivity contribution is -0.157. The highest BCUT2D eigenvalue weighted by atomic mass is 32.2. The summed E-state index contributed by atoms with van der Waals surface area (Å²) in [5.74, 6) is -9.77. The number of aliphatic hydroxyl groups is 2. The number of hydrogen-bond donors (Lipinski definition) is 6. The van der Waals surface area contributed by atoms with Gasteiger partial charge in [0.2, 0.25) is 65.0 Å². The summed E-state index contributed by atoms with van der Waals surface area (Å²) in [4.78, 5) is 175. The van der Waals surface area contributed by atoms with Crippen molar-refractivity contribution in [3.63, 3.8) is 0 Å². The van der Waals surface area contributed by atoms with E-state index in [-0.39, 0.29) is 62.0 Å². The number of nitrogens with zero attached hydrogens (tertiary/aromatic N) is 8. The summed E-state index contributed by atoms with van der Waals surface area (Å²) >= 11 is 1.39. The van der Waals surface area contributed by atoms with Crippen molar-refractivity contribution in [2.45, 2.75) is 234 Å². The summed E-state index contributed by atoms with van der Waals surface area (Å²) in [6.45, 7) is 32.1. The number of ether oxygens (including phenoxy) is 1. The number of likely N-dealkylation sites (N-methyl/N-ethyl adjacent to an activating group) is 7. The van der Waals surface area contributed by atoms with Crippen LogP contribution in [-0.4, -0.2) is 286 Å². The first-order valence-electron chi connectivity index (χ1n) is 34.5. The highest BCUT2D eigenvalue weighted by molar-refractivity contribution is 7.99. The molecule has 0 unspecified atom stereocenters. The van der Waals surface area contributed by atoms with E-state index in [0.29, 0.717) is 38.6 Å². The largest absolute Gasteiger partial charge is 0.390 e. The van der Waals surface area contributed by atoms with Crippen LogP contribution in [0.2, 0.25) is 0 Å². The van der Waals surface area contributed by atoms with Crippen LogP contribution in [0.15, 0.2) is 12.2 Å². The Kier molecular flexibility index (Phi) is 35.6. The molecule has 2 aliphatic rings. The van der Waals surface area contributed by atoms with E-state index < -0.39 is 161 Å². The second-order valence-electron chi connectivity index (χ2n) is 29.2. The standard InChI is InChI=1S/C69H124N12O14S/c1-25-27-28-45(13)57(82)56-61(86)72-48(26-2)63(88)78(22)53(39-96-34-31-81-29-32-95-33-30-81)66(91)77(21)52(38-69(16,17)94)60(85)73-54(43(9)10)67(92)74(18)49(35-40(3)4)59(84)70-46(14)58(83)71-47(15)62(87)75(19)50(36-41(5)6)64(89)76(20)51(37-42(7)8)65(90)79(23)55(44(11)12)68(93)80(56)24/h25,27,40-57,82,94H,26,28-39H2,1-24H3,(H,70,84)(H,71,83)(H,72,86)(H,73,85)/b27-25+/t45-,46+,47-,48+,49+,50+,51+,52+,53-,54+,55+,56+,57-/m1/s1. The highest BCUT2D eigenvalue weighted by Crippen LogP contribution is 2.27. The first-order chi connectivity index (χ1) is 44.5. The molecule has 13 atom stereocenters. The Bertz CT molecular complexity index is 2630. The molecular weight excluding hydrogens is 1250 g/mol. The van der Waals surface area contributed by atoms with Gasteiger partial charge in [0, 0.05) is 86.9 Å². The SMILES string of the molecule is C/C=C/C[C@@H](C)[C@@H](O)[C@H]1C(=O)N[C@@H](CC)C(=O)N(C)[C@H](CSCCN2CCOCC2)C(=O)N(C)[C@@H](CC(C)(C)O)C(=O)N[C@@H](C(C)C)C(=O)N(C)[C@@H](CC(C)C)C(=O)N[C@@H](C)C(=O)N[C@H](C)C(=O)N(C)[C@@H](CC(C)C)C(=O)N(C)[C@@H](CC(C)C)C(=O)N(C)[C@@H](C(C)C)C(=O)N1C. The Hall–Kier alpha value is -5.90. The van der Waals surface area contributed by atoms with Gasteiger partial charge in [-0.05, 0) is 102 Å². The van der Waals surface area contributed by atoms with Crippen LogP contribution >= 0.6 is 11.8 Å². The molecule has 2 saturated heterocycles. The fourth-order valence-corrected chi connectivity index (χ4v) is 13.3. The normalized spacial score (nSPS) is 27.3. The molecule has 0 aromatic carbocycles. The van der Waals surface area contributed by atoms with Crippen molar-refractivity contribution in [2.75, 3.05) is 93.7 Å². The molecule has 11 amide bonds. The van der Waals surface area contributed by atoms with E-state index >= 15 is 33.6 Å². The van der Waals surface area contributed by atoms with E-state index in [1.54, 1.807) is 60.6 Å². The summed E-state index contributed by atoms with van der Waals surface area (Å²) in [5, 5.41) is 34.8. The summed E-state index contributed by atoms with van der Waals surface area (Å²) in [6, 6.07) is -14.4. The van der Waals surface area contributed by atoms with Crippen LogP contribution in [0, 0.1) is 35.5 Å². The third-order valence-electron chi connectivity index (χ3n) is 18.3. The van der Waals surface area contributed by atoms with E-state index in [2.05, 4.69) is 26.2 Å². The minimum absolute atomic E-state index is 0.00699. The van der Waals surface area contributed by atoms with Crippen LogP contribution in [0.3, 0.4) is 0 Å². The van der Waals surface area contributed by atoms with Crippen LogP contribution in [0.5, 0.6) is 0 Å². The maximum absolute atomic E-state index is 15.4. The van der Waals surface area contributed by atoms with Gasteiger partial charge in [0.1, 0.15) is 66.5 Å². The van der Waals surface area contributed by atoms with E-state index in [0.717, 1.165) is 9.80 Å². The van der Waals surface area contributed by atoms with Gasteiger partial charge in [0.25, 0.3) is 0 Å². The van der Waals surface area contributed by atoms with Crippen molar-refractivity contribution in [3.8, 4) is 0 Å². The number of hydrogen-bond acceptors (Lipinski definition) is 16. The van der Waals surface area contributed by atoms with Crippen LogP contribution in [0.4, 0.5) is 0 Å². The number of carbonyl (C=O) groups is 11. The van der Waals surface area contributed by atoms with Crippen molar-refractivity contribution in [1.29, 1.82) is 0 Å². The molecule has 6 N–H and O–H groups in total. The second kappa shape index (κ2) is 39.6. The van der Waals surface area contributed by atoms with Crippen LogP contribution in [0.1, 0.15) is 156 Å². The van der Waals surface area contributed by atoms with Crippen molar-refractivity contribution >= 4 is 76.7 Å². The molecule has 2 fully saturated rings. The quantitative estimate of drug-likeness (QED) is 0.0754. The first-order valence-corrected chi connectivity index (χ1v) is 35.6. The smallest absolute Gasteiger partial charge is 0.246 e. The van der Waals surface area contributed by atoms with E-state index in [1.165, 1.54) is 113 Å². The van der Waals surface area contributed by atoms with E-state index in [4.69, 9.17) is 4.74 Å². The van der Waals surface area contributed by atoms with Gasteiger partial charge in [-0.3, -0.25) is 57.6 Å². The van der Waals surface area contributed by atoms with Gasteiger partial charge in [0.15, 0.2) is 0 Å². The van der Waals surface area contributed by atoms with Gasteiger partial charge < -0.3 is 70.5 Å². The Labute approximate surface area is 578 Å². The summed E-state index contributed by atoms with van der Waals surface area (Å²) in [6.07, 6.45) is 2.34. The van der Waals surface area contributed by atoms with Gasteiger partial charge >= 0.3 is 0 Å². The molecule has 0 aromatic rings. The van der Waals surface area contributed by atoms with Gasteiger partial charge in [-0.1, -0.05) is 95.2 Å². The average molecular weight is 1380 g/mol. The fraction of sp³-hybridized carbons (Fsp3) is 0.812. The zero-order valence-corrected chi connectivity index (χ0v) is 63.3. The third kappa shape index (κ3) is 24.8. The summed E-state index contributed by atoms with van der Waals surface area (Å²) < 4.78 is 5.55. The predicted octanol–water partition coefficient (Wildman–Crippen LogP) is 2.82. The molecule has 26 nitrogen and oxygen atoms in total. The molecule has 96 heavy (non-hydrogen) atoms. The van der Waals surface area contributed by atoms with Crippen molar-refractivity contribution in [3.05, 3.63) is 12.2 Å². The van der Waals surface area contributed by atoms with Gasteiger partial charge in [-0.25, -0.2) is 0 Å². The number of rotatable bonds is 20. The van der Waals surface area contributed by atoms with E-state index in [1.807, 2.05) is 41.5 Å². The number of nitrogens with one attached hydrogen (secondary N) is 4. The number of amides is 11. The molecule has 0 saturated carbocycles. The Morgan fingerprint density at radius 2 is 0.979 bits per heavy atom. The minimum atomic E-state index is -1.66. The van der Waals surface area contributed by atoms with Crippen LogP contribution < -0.4 is 21.3 Å². The number of allylic oxidation sites excluding steroid dienone is 2. The monoisotopic (exact) mass is 1380 g/mol. The second-order valence-corrected chi connectivity index (χ2v) is 30.4. The lowest BCUT2D eigenvalue weighted by Crippen LogP contribution is -2.64. The minimum Gasteiger partial charge on any atom is -0.390 e. The highest BCUT2D eigenvalue weighted by Gasteiger charge is 2.47. The summed E-state index contributed by atoms with van der Waals surface area (Å²) in [5.41, 5.74) is -1.59. The van der Waals surface area contributed by atoms with Gasteiger partial charge in [0.05, 0.1) is 24.9 Å². The molecule has 0 bridgehead atoms. The van der Waals surface area contributed by atoms with Crippen molar-refractivity contribution < 1.29 is 67.7 Å².